The number of amides is 1. The van der Waals surface area contributed by atoms with E-state index < -0.39 is 20.5 Å². The van der Waals surface area contributed by atoms with Gasteiger partial charge in [-0.3, -0.25) is 4.79 Å². The van der Waals surface area contributed by atoms with Crippen molar-refractivity contribution >= 4 is 14.2 Å². The maximum Gasteiger partial charge on any atom is 0.223 e. The summed E-state index contributed by atoms with van der Waals surface area (Å²) in [6.07, 6.45) is -0.243. The Bertz CT molecular complexity index is 336. The molecule has 132 valence electrons. The number of hydrogen-bond acceptors (Lipinski definition) is 4. The molecule has 2 atom stereocenters. The first kappa shape index (κ1) is 21.6. The van der Waals surface area contributed by atoms with E-state index in [-0.39, 0.29) is 17.0 Å². The molecule has 0 fully saturated rings. The van der Waals surface area contributed by atoms with E-state index in [1.807, 2.05) is 20.8 Å². The van der Waals surface area contributed by atoms with Gasteiger partial charge in [0, 0.05) is 19.6 Å². The van der Waals surface area contributed by atoms with E-state index in [2.05, 4.69) is 33.9 Å². The fourth-order valence-corrected chi connectivity index (χ4v) is 3.47. The molecule has 0 spiro atoms. The second-order valence-electron chi connectivity index (χ2n) is 7.17. The van der Waals surface area contributed by atoms with Crippen LogP contribution in [0.2, 0.25) is 18.1 Å². The fourth-order valence-electron chi connectivity index (χ4n) is 2.03. The van der Waals surface area contributed by atoms with Crippen molar-refractivity contribution in [3.05, 3.63) is 0 Å². The van der Waals surface area contributed by atoms with Crippen LogP contribution in [0.1, 0.15) is 48.0 Å². The van der Waals surface area contributed by atoms with Gasteiger partial charge in [0.05, 0.1) is 12.0 Å². The maximum absolute atomic E-state index is 11.9. The number of primary amides is 1. The lowest BCUT2D eigenvalue weighted by Gasteiger charge is -2.40. The first-order valence-corrected chi connectivity index (χ1v) is 11.1. The highest BCUT2D eigenvalue weighted by molar-refractivity contribution is 6.74. The third-order valence-electron chi connectivity index (χ3n) is 4.37. The Morgan fingerprint density at radius 3 is 1.91 bits per heavy atom. The van der Waals surface area contributed by atoms with Crippen molar-refractivity contribution in [3.8, 4) is 0 Å². The quantitative estimate of drug-likeness (QED) is 0.492. The molecule has 0 aliphatic heterocycles. The summed E-state index contributed by atoms with van der Waals surface area (Å²) in [6, 6.07) is 0. The smallest absolute Gasteiger partial charge is 0.223 e. The summed E-state index contributed by atoms with van der Waals surface area (Å²) in [4.78, 5) is 11.9. The van der Waals surface area contributed by atoms with Crippen molar-refractivity contribution in [2.75, 3.05) is 13.2 Å². The third-order valence-corrected chi connectivity index (χ3v) is 8.94. The molecule has 0 bridgehead atoms. The monoisotopic (exact) mass is 333 g/mol. The average molecular weight is 334 g/mol. The van der Waals surface area contributed by atoms with E-state index in [0.29, 0.717) is 19.6 Å². The lowest BCUT2D eigenvalue weighted by Crippen LogP contribution is -2.47. The summed E-state index contributed by atoms with van der Waals surface area (Å²) in [7, 11) is -1.95. The molecule has 0 radical (unpaired) electrons. The highest BCUT2D eigenvalue weighted by Crippen LogP contribution is 2.38. The first-order valence-electron chi connectivity index (χ1n) is 8.16. The Hall–Kier alpha value is -0.433. The molecule has 1 amide bonds. The van der Waals surface area contributed by atoms with Crippen LogP contribution in [0.25, 0.3) is 0 Å². The van der Waals surface area contributed by atoms with Gasteiger partial charge in [-0.25, -0.2) is 0 Å². The number of rotatable bonds is 10. The van der Waals surface area contributed by atoms with Crippen molar-refractivity contribution in [2.45, 2.75) is 78.5 Å². The van der Waals surface area contributed by atoms with Crippen molar-refractivity contribution < 1.29 is 18.7 Å². The minimum Gasteiger partial charge on any atom is -0.413 e. The Kier molecular flexibility index (Phi) is 8.83. The van der Waals surface area contributed by atoms with Gasteiger partial charge in [0.1, 0.15) is 0 Å². The number of carbonyl (C=O) groups is 1. The van der Waals surface area contributed by atoms with Gasteiger partial charge in [-0.2, -0.15) is 0 Å². The molecule has 0 aromatic rings. The van der Waals surface area contributed by atoms with Crippen LogP contribution >= 0.6 is 0 Å². The molecular formula is C16H35NO4Si. The molecule has 0 aliphatic carbocycles. The van der Waals surface area contributed by atoms with E-state index in [1.165, 1.54) is 0 Å². The van der Waals surface area contributed by atoms with Gasteiger partial charge in [-0.15, -0.1) is 0 Å². The number of carbonyl (C=O) groups excluding carboxylic acids is 1. The second-order valence-corrected chi connectivity index (χ2v) is 11.9. The minimum absolute atomic E-state index is 0.0860. The van der Waals surface area contributed by atoms with E-state index in [1.54, 1.807) is 0 Å². The van der Waals surface area contributed by atoms with Gasteiger partial charge in [0.15, 0.2) is 14.6 Å². The van der Waals surface area contributed by atoms with Crippen LogP contribution < -0.4 is 5.73 Å². The number of nitrogens with two attached hydrogens (primary N) is 1. The van der Waals surface area contributed by atoms with Crippen molar-refractivity contribution in [1.82, 2.24) is 0 Å². The lowest BCUT2D eigenvalue weighted by atomic mass is 9.99. The molecule has 0 heterocycles. The lowest BCUT2D eigenvalue weighted by molar-refractivity contribution is -0.157. The molecule has 0 aromatic carbocycles. The van der Waals surface area contributed by atoms with Crippen LogP contribution in [0.3, 0.4) is 0 Å². The first-order chi connectivity index (χ1) is 9.96. The Balaban J connectivity index is 4.97. The zero-order valence-electron chi connectivity index (χ0n) is 15.6. The molecule has 0 rings (SSSR count). The van der Waals surface area contributed by atoms with Gasteiger partial charge in [-0.05, 0) is 38.9 Å². The molecule has 0 unspecified atom stereocenters. The van der Waals surface area contributed by atoms with Crippen LogP contribution in [-0.2, 0) is 18.7 Å². The van der Waals surface area contributed by atoms with Gasteiger partial charge in [0.25, 0.3) is 0 Å². The van der Waals surface area contributed by atoms with Gasteiger partial charge in [0.2, 0.25) is 5.91 Å². The zero-order valence-corrected chi connectivity index (χ0v) is 16.6. The van der Waals surface area contributed by atoms with E-state index in [9.17, 15) is 4.79 Å². The van der Waals surface area contributed by atoms with Gasteiger partial charge in [-0.1, -0.05) is 20.8 Å². The standard InChI is InChI=1S/C16H35NO4Si/c1-9-19-14(20-10-2)11-13(15(17)18)12(3)21-22(7,8)16(4,5)6/h12-14H,9-11H2,1-8H3,(H2,17,18)/t12-,13+/m1/s1. The fraction of sp³-hybridized carbons (Fsp3) is 0.938. The van der Waals surface area contributed by atoms with Gasteiger partial charge >= 0.3 is 0 Å². The topological polar surface area (TPSA) is 70.8 Å². The highest BCUT2D eigenvalue weighted by atomic mass is 28.4. The molecule has 22 heavy (non-hydrogen) atoms. The molecule has 0 aliphatic rings. The number of ether oxygens (including phenoxy) is 2. The second kappa shape index (κ2) is 9.01. The van der Waals surface area contributed by atoms with Crippen LogP contribution in [-0.4, -0.2) is 39.8 Å². The molecular weight excluding hydrogens is 298 g/mol. The largest absolute Gasteiger partial charge is 0.413 e. The third kappa shape index (κ3) is 6.77. The van der Waals surface area contributed by atoms with E-state index in [0.717, 1.165) is 0 Å². The molecule has 6 heteroatoms. The normalized spacial score (nSPS) is 15.9. The van der Waals surface area contributed by atoms with Crippen molar-refractivity contribution in [3.63, 3.8) is 0 Å². The predicted molar refractivity (Wildman–Crippen MR) is 92.1 cm³/mol. The van der Waals surface area contributed by atoms with Crippen LogP contribution in [0.15, 0.2) is 0 Å². The van der Waals surface area contributed by atoms with Crippen LogP contribution in [0.4, 0.5) is 0 Å². The molecule has 5 nitrogen and oxygen atoms in total. The maximum atomic E-state index is 11.9. The summed E-state index contributed by atoms with van der Waals surface area (Å²) in [5.41, 5.74) is 5.59. The summed E-state index contributed by atoms with van der Waals surface area (Å²) < 4.78 is 17.4. The van der Waals surface area contributed by atoms with Crippen molar-refractivity contribution in [1.29, 1.82) is 0 Å². The Morgan fingerprint density at radius 1 is 1.14 bits per heavy atom. The van der Waals surface area contributed by atoms with Crippen molar-refractivity contribution in [2.24, 2.45) is 11.7 Å². The Labute approximate surface area is 137 Å². The molecule has 0 aromatic heterocycles. The molecule has 0 saturated carbocycles. The molecule has 2 N–H and O–H groups in total. The summed E-state index contributed by atoms with van der Waals surface area (Å²) >= 11 is 0. The van der Waals surface area contributed by atoms with E-state index in [4.69, 9.17) is 19.6 Å². The highest BCUT2D eigenvalue weighted by Gasteiger charge is 2.41. The zero-order chi connectivity index (χ0) is 17.6. The van der Waals surface area contributed by atoms with Crippen LogP contribution in [0.5, 0.6) is 0 Å². The average Bonchev–Trinajstić information content (AvgIpc) is 2.33. The summed E-state index contributed by atoms with van der Waals surface area (Å²) in [6.45, 7) is 17.7. The summed E-state index contributed by atoms with van der Waals surface area (Å²) in [5.74, 6) is -0.784. The molecule has 0 saturated heterocycles. The number of hydrogen-bond donors (Lipinski definition) is 1. The van der Waals surface area contributed by atoms with E-state index >= 15 is 0 Å². The van der Waals surface area contributed by atoms with Crippen LogP contribution in [0, 0.1) is 5.92 Å². The SMILES string of the molecule is CCOC(C[C@H](C(N)=O)[C@@H](C)O[Si](C)(C)C(C)(C)C)OCC. The van der Waals surface area contributed by atoms with Gasteiger partial charge < -0.3 is 19.6 Å². The Morgan fingerprint density at radius 2 is 1.59 bits per heavy atom. The predicted octanol–water partition coefficient (Wildman–Crippen LogP) is 3.29. The minimum atomic E-state index is -1.95. The summed E-state index contributed by atoms with van der Waals surface area (Å²) in [5, 5.41) is 0.0860.